The molecule has 78 valence electrons. The molecule has 3 heteroatoms. The van der Waals surface area contributed by atoms with Crippen LogP contribution in [0.2, 0.25) is 0 Å². The van der Waals surface area contributed by atoms with E-state index in [1.807, 2.05) is 13.0 Å². The molecule has 0 bridgehead atoms. The zero-order chi connectivity index (χ0) is 10.9. The van der Waals surface area contributed by atoms with Gasteiger partial charge in [0.25, 0.3) is 0 Å². The quantitative estimate of drug-likeness (QED) is 0.755. The number of hydrogen-bond donors (Lipinski definition) is 0. The van der Waals surface area contributed by atoms with Crippen LogP contribution in [0.25, 0.3) is 0 Å². The SMILES string of the molecule is Cc1cc(C(C)C)cc(S(C)(=O)=O)c1. The summed E-state index contributed by atoms with van der Waals surface area (Å²) in [6.07, 6.45) is 1.24. The molecule has 1 aromatic rings. The molecule has 2 nitrogen and oxygen atoms in total. The van der Waals surface area contributed by atoms with Gasteiger partial charge in [-0.05, 0) is 36.1 Å². The first-order chi connectivity index (χ1) is 6.30. The van der Waals surface area contributed by atoms with Crippen molar-refractivity contribution in [3.8, 4) is 0 Å². The van der Waals surface area contributed by atoms with Crippen molar-refractivity contribution in [2.45, 2.75) is 31.6 Å². The van der Waals surface area contributed by atoms with Gasteiger partial charge in [0.05, 0.1) is 4.90 Å². The molecule has 0 radical (unpaired) electrons. The summed E-state index contributed by atoms with van der Waals surface area (Å²) < 4.78 is 22.7. The Balaban J connectivity index is 3.35. The fourth-order valence-electron chi connectivity index (χ4n) is 1.32. The number of rotatable bonds is 2. The van der Waals surface area contributed by atoms with E-state index in [1.54, 1.807) is 12.1 Å². The first-order valence-corrected chi connectivity index (χ1v) is 6.51. The lowest BCUT2D eigenvalue weighted by Gasteiger charge is -2.08. The standard InChI is InChI=1S/C11H16O2S/c1-8(2)10-5-9(3)6-11(7-10)14(4,12)13/h5-8H,1-4H3. The number of sulfone groups is 1. The highest BCUT2D eigenvalue weighted by atomic mass is 32.2. The maximum Gasteiger partial charge on any atom is 0.175 e. The molecular formula is C11H16O2S. The fourth-order valence-corrected chi connectivity index (χ4v) is 2.07. The van der Waals surface area contributed by atoms with Gasteiger partial charge >= 0.3 is 0 Å². The van der Waals surface area contributed by atoms with E-state index in [2.05, 4.69) is 13.8 Å². The summed E-state index contributed by atoms with van der Waals surface area (Å²) in [6, 6.07) is 5.49. The molecule has 0 N–H and O–H groups in total. The smallest absolute Gasteiger partial charge is 0.175 e. The van der Waals surface area contributed by atoms with Crippen molar-refractivity contribution in [3.63, 3.8) is 0 Å². The molecule has 0 aliphatic heterocycles. The van der Waals surface area contributed by atoms with Crippen molar-refractivity contribution in [2.75, 3.05) is 6.26 Å². The molecule has 0 saturated carbocycles. The molecule has 0 aliphatic rings. The molecular weight excluding hydrogens is 196 g/mol. The predicted molar refractivity (Wildman–Crippen MR) is 58.4 cm³/mol. The van der Waals surface area contributed by atoms with E-state index in [-0.39, 0.29) is 0 Å². The van der Waals surface area contributed by atoms with E-state index in [1.165, 1.54) is 6.26 Å². The third-order valence-electron chi connectivity index (χ3n) is 2.17. The topological polar surface area (TPSA) is 34.1 Å². The zero-order valence-corrected chi connectivity index (χ0v) is 9.85. The van der Waals surface area contributed by atoms with Crippen LogP contribution in [0.3, 0.4) is 0 Å². The van der Waals surface area contributed by atoms with Gasteiger partial charge in [0.1, 0.15) is 0 Å². The molecule has 0 fully saturated rings. The maximum absolute atomic E-state index is 11.4. The summed E-state index contributed by atoms with van der Waals surface area (Å²) in [7, 11) is -3.08. The van der Waals surface area contributed by atoms with Crippen LogP contribution in [-0.4, -0.2) is 14.7 Å². The average molecular weight is 212 g/mol. The van der Waals surface area contributed by atoms with Crippen molar-refractivity contribution in [1.82, 2.24) is 0 Å². The Morgan fingerprint density at radius 3 is 2.14 bits per heavy atom. The van der Waals surface area contributed by atoms with Crippen molar-refractivity contribution in [3.05, 3.63) is 29.3 Å². The first-order valence-electron chi connectivity index (χ1n) is 4.62. The lowest BCUT2D eigenvalue weighted by Crippen LogP contribution is -2.00. The minimum atomic E-state index is -3.08. The summed E-state index contributed by atoms with van der Waals surface area (Å²) in [4.78, 5) is 0.418. The molecule has 1 rings (SSSR count). The molecule has 0 atom stereocenters. The van der Waals surface area contributed by atoms with Crippen LogP contribution in [0.1, 0.15) is 30.9 Å². The molecule has 0 saturated heterocycles. The van der Waals surface area contributed by atoms with Gasteiger partial charge in [-0.1, -0.05) is 19.9 Å². The molecule has 0 heterocycles. The van der Waals surface area contributed by atoms with Crippen molar-refractivity contribution < 1.29 is 8.42 Å². The van der Waals surface area contributed by atoms with Crippen LogP contribution in [0.4, 0.5) is 0 Å². The van der Waals surface area contributed by atoms with Gasteiger partial charge in [0.2, 0.25) is 0 Å². The third-order valence-corrected chi connectivity index (χ3v) is 3.26. The lowest BCUT2D eigenvalue weighted by molar-refractivity contribution is 0.601. The van der Waals surface area contributed by atoms with Crippen molar-refractivity contribution in [1.29, 1.82) is 0 Å². The Morgan fingerprint density at radius 1 is 1.14 bits per heavy atom. The fraction of sp³-hybridized carbons (Fsp3) is 0.455. The van der Waals surface area contributed by atoms with Crippen LogP contribution in [0, 0.1) is 6.92 Å². The Hall–Kier alpha value is -0.830. The number of hydrogen-bond acceptors (Lipinski definition) is 2. The van der Waals surface area contributed by atoms with E-state index in [0.29, 0.717) is 10.8 Å². The average Bonchev–Trinajstić information content (AvgIpc) is 2.01. The van der Waals surface area contributed by atoms with E-state index in [9.17, 15) is 8.42 Å². The second kappa shape index (κ2) is 3.73. The molecule has 0 aliphatic carbocycles. The zero-order valence-electron chi connectivity index (χ0n) is 9.03. The third kappa shape index (κ3) is 2.58. The highest BCUT2D eigenvalue weighted by Gasteiger charge is 2.10. The molecule has 1 aromatic carbocycles. The minimum Gasteiger partial charge on any atom is -0.224 e. The van der Waals surface area contributed by atoms with E-state index in [0.717, 1.165) is 11.1 Å². The highest BCUT2D eigenvalue weighted by molar-refractivity contribution is 7.90. The van der Waals surface area contributed by atoms with Gasteiger partial charge in [-0.25, -0.2) is 8.42 Å². The van der Waals surface area contributed by atoms with Crippen LogP contribution >= 0.6 is 0 Å². The second-order valence-electron chi connectivity index (χ2n) is 4.01. The maximum atomic E-state index is 11.4. The monoisotopic (exact) mass is 212 g/mol. The van der Waals surface area contributed by atoms with Crippen molar-refractivity contribution >= 4 is 9.84 Å². The normalized spacial score (nSPS) is 12.1. The van der Waals surface area contributed by atoms with Crippen LogP contribution in [-0.2, 0) is 9.84 Å². The van der Waals surface area contributed by atoms with Crippen molar-refractivity contribution in [2.24, 2.45) is 0 Å². The Labute approximate surface area is 85.9 Å². The van der Waals surface area contributed by atoms with Gasteiger partial charge in [0.15, 0.2) is 9.84 Å². The minimum absolute atomic E-state index is 0.357. The van der Waals surface area contributed by atoms with Crippen LogP contribution in [0.5, 0.6) is 0 Å². The lowest BCUT2D eigenvalue weighted by atomic mass is 10.0. The summed E-state index contributed by atoms with van der Waals surface area (Å²) in [5.41, 5.74) is 2.07. The first kappa shape index (κ1) is 11.2. The summed E-state index contributed by atoms with van der Waals surface area (Å²) >= 11 is 0. The Bertz CT molecular complexity index is 431. The Kier molecular flexibility index (Phi) is 3.00. The van der Waals surface area contributed by atoms with E-state index >= 15 is 0 Å². The van der Waals surface area contributed by atoms with Gasteiger partial charge in [-0.3, -0.25) is 0 Å². The van der Waals surface area contributed by atoms with Gasteiger partial charge < -0.3 is 0 Å². The molecule has 14 heavy (non-hydrogen) atoms. The number of benzene rings is 1. The molecule has 0 spiro atoms. The summed E-state index contributed by atoms with van der Waals surface area (Å²) in [5, 5.41) is 0. The molecule has 0 aromatic heterocycles. The highest BCUT2D eigenvalue weighted by Crippen LogP contribution is 2.20. The van der Waals surface area contributed by atoms with Crippen LogP contribution < -0.4 is 0 Å². The van der Waals surface area contributed by atoms with Gasteiger partial charge in [0, 0.05) is 6.26 Å². The predicted octanol–water partition coefficient (Wildman–Crippen LogP) is 2.52. The van der Waals surface area contributed by atoms with E-state index < -0.39 is 9.84 Å². The molecule has 0 amide bonds. The summed E-state index contributed by atoms with van der Waals surface area (Å²) in [5.74, 6) is 0.357. The van der Waals surface area contributed by atoms with Gasteiger partial charge in [-0.15, -0.1) is 0 Å². The molecule has 0 unspecified atom stereocenters. The van der Waals surface area contributed by atoms with Crippen LogP contribution in [0.15, 0.2) is 23.1 Å². The van der Waals surface area contributed by atoms with Gasteiger partial charge in [-0.2, -0.15) is 0 Å². The number of aryl methyl sites for hydroxylation is 1. The Morgan fingerprint density at radius 2 is 1.71 bits per heavy atom. The van der Waals surface area contributed by atoms with E-state index in [4.69, 9.17) is 0 Å². The summed E-state index contributed by atoms with van der Waals surface area (Å²) in [6.45, 7) is 6.03. The second-order valence-corrected chi connectivity index (χ2v) is 6.02. The largest absolute Gasteiger partial charge is 0.224 e.